The highest BCUT2D eigenvalue weighted by Gasteiger charge is 2.22. The fourth-order valence-corrected chi connectivity index (χ4v) is 3.29. The molecule has 0 aromatic heterocycles. The van der Waals surface area contributed by atoms with Crippen LogP contribution in [0.1, 0.15) is 5.56 Å². The lowest BCUT2D eigenvalue weighted by Crippen LogP contribution is -2.50. The van der Waals surface area contributed by atoms with Crippen LogP contribution >= 0.6 is 0 Å². The van der Waals surface area contributed by atoms with Crippen LogP contribution in [0.3, 0.4) is 0 Å². The molecule has 1 fully saturated rings. The maximum atomic E-state index is 13.1. The van der Waals surface area contributed by atoms with Crippen LogP contribution in [0.5, 0.6) is 0 Å². The number of amides is 1. The van der Waals surface area contributed by atoms with Gasteiger partial charge in [-0.1, -0.05) is 48.5 Å². The Morgan fingerprint density at radius 3 is 2.08 bits per heavy atom. The molecule has 1 amide bonds. The number of carbonyl (C=O) groups is 1. The number of rotatable bonds is 7. The quantitative estimate of drug-likeness (QED) is 0.825. The standard InChI is InChI=1S/C21H27N3O2/c25-16-15-22-11-13-23(14-12-22)18-21(26)24(20-9-5-2-6-10-20)17-19-7-3-1-4-8-19/h1-10,25H,11-18H2. The van der Waals surface area contributed by atoms with Crippen molar-refractivity contribution in [3.05, 3.63) is 66.2 Å². The second kappa shape index (κ2) is 9.48. The summed E-state index contributed by atoms with van der Waals surface area (Å²) in [5.41, 5.74) is 2.05. The molecule has 0 saturated carbocycles. The van der Waals surface area contributed by atoms with Gasteiger partial charge < -0.3 is 10.0 Å². The molecule has 1 aliphatic heterocycles. The molecule has 3 rings (SSSR count). The molecular formula is C21H27N3O2. The summed E-state index contributed by atoms with van der Waals surface area (Å²) in [6, 6.07) is 20.0. The van der Waals surface area contributed by atoms with Crippen LogP contribution in [0.2, 0.25) is 0 Å². The summed E-state index contributed by atoms with van der Waals surface area (Å²) in [4.78, 5) is 19.4. The highest BCUT2D eigenvalue weighted by molar-refractivity contribution is 5.94. The van der Waals surface area contributed by atoms with E-state index in [2.05, 4.69) is 21.9 Å². The van der Waals surface area contributed by atoms with E-state index < -0.39 is 0 Å². The molecule has 26 heavy (non-hydrogen) atoms. The Morgan fingerprint density at radius 2 is 1.46 bits per heavy atom. The number of hydrogen-bond donors (Lipinski definition) is 1. The van der Waals surface area contributed by atoms with Crippen LogP contribution in [-0.2, 0) is 11.3 Å². The Balaban J connectivity index is 1.66. The average molecular weight is 353 g/mol. The van der Waals surface area contributed by atoms with Gasteiger partial charge in [0.05, 0.1) is 19.7 Å². The highest BCUT2D eigenvalue weighted by Crippen LogP contribution is 2.18. The summed E-state index contributed by atoms with van der Waals surface area (Å²) < 4.78 is 0. The lowest BCUT2D eigenvalue weighted by Gasteiger charge is -2.35. The first-order valence-corrected chi connectivity index (χ1v) is 9.21. The molecule has 138 valence electrons. The third-order valence-electron chi connectivity index (χ3n) is 4.79. The van der Waals surface area contributed by atoms with Crippen molar-refractivity contribution >= 4 is 11.6 Å². The molecular weight excluding hydrogens is 326 g/mol. The van der Waals surface area contributed by atoms with Crippen molar-refractivity contribution in [1.29, 1.82) is 0 Å². The van der Waals surface area contributed by atoms with Crippen molar-refractivity contribution in [2.24, 2.45) is 0 Å². The minimum Gasteiger partial charge on any atom is -0.395 e. The summed E-state index contributed by atoms with van der Waals surface area (Å²) in [6.45, 7) is 5.43. The number of piperazine rings is 1. The van der Waals surface area contributed by atoms with E-state index in [-0.39, 0.29) is 12.5 Å². The van der Waals surface area contributed by atoms with E-state index in [1.807, 2.05) is 53.4 Å². The fraction of sp³-hybridized carbons (Fsp3) is 0.381. The summed E-state index contributed by atoms with van der Waals surface area (Å²) >= 11 is 0. The second-order valence-electron chi connectivity index (χ2n) is 6.64. The minimum absolute atomic E-state index is 0.121. The van der Waals surface area contributed by atoms with Gasteiger partial charge in [-0.2, -0.15) is 0 Å². The highest BCUT2D eigenvalue weighted by atomic mass is 16.3. The van der Waals surface area contributed by atoms with Crippen molar-refractivity contribution in [3.63, 3.8) is 0 Å². The monoisotopic (exact) mass is 353 g/mol. The second-order valence-corrected chi connectivity index (χ2v) is 6.64. The number of benzene rings is 2. The maximum Gasteiger partial charge on any atom is 0.241 e. The van der Waals surface area contributed by atoms with Crippen LogP contribution < -0.4 is 4.90 Å². The van der Waals surface area contributed by atoms with Crippen molar-refractivity contribution in [3.8, 4) is 0 Å². The molecule has 1 aliphatic rings. The van der Waals surface area contributed by atoms with Gasteiger partial charge in [0, 0.05) is 38.4 Å². The van der Waals surface area contributed by atoms with Crippen LogP contribution in [0.25, 0.3) is 0 Å². The van der Waals surface area contributed by atoms with E-state index in [1.54, 1.807) is 0 Å². The molecule has 1 saturated heterocycles. The van der Waals surface area contributed by atoms with Gasteiger partial charge in [-0.3, -0.25) is 14.6 Å². The molecule has 2 aromatic rings. The SMILES string of the molecule is O=C(CN1CCN(CCO)CC1)N(Cc1ccccc1)c1ccccc1. The van der Waals surface area contributed by atoms with Gasteiger partial charge in [-0.25, -0.2) is 0 Å². The van der Waals surface area contributed by atoms with E-state index in [1.165, 1.54) is 0 Å². The van der Waals surface area contributed by atoms with Gasteiger partial charge in [-0.05, 0) is 17.7 Å². The van der Waals surface area contributed by atoms with Gasteiger partial charge in [-0.15, -0.1) is 0 Å². The third kappa shape index (κ3) is 5.14. The first-order chi connectivity index (χ1) is 12.8. The Labute approximate surface area is 155 Å². The molecule has 0 spiro atoms. The number of aliphatic hydroxyl groups is 1. The first-order valence-electron chi connectivity index (χ1n) is 9.21. The Morgan fingerprint density at radius 1 is 0.885 bits per heavy atom. The van der Waals surface area contributed by atoms with Crippen LogP contribution in [0.15, 0.2) is 60.7 Å². The van der Waals surface area contributed by atoms with E-state index in [0.29, 0.717) is 19.6 Å². The minimum atomic E-state index is 0.121. The molecule has 0 aliphatic carbocycles. The predicted octanol–water partition coefficient (Wildman–Crippen LogP) is 1.83. The summed E-state index contributed by atoms with van der Waals surface area (Å²) in [5.74, 6) is 0.121. The first kappa shape index (κ1) is 18.6. The Kier molecular flexibility index (Phi) is 6.77. The molecule has 5 heteroatoms. The molecule has 0 unspecified atom stereocenters. The van der Waals surface area contributed by atoms with Crippen molar-refractivity contribution in [1.82, 2.24) is 9.80 Å². The number of hydrogen-bond acceptors (Lipinski definition) is 4. The number of aliphatic hydroxyl groups excluding tert-OH is 1. The van der Waals surface area contributed by atoms with Crippen molar-refractivity contribution in [2.75, 3.05) is 50.8 Å². The molecule has 0 atom stereocenters. The van der Waals surface area contributed by atoms with Gasteiger partial charge in [0.15, 0.2) is 0 Å². The number of carbonyl (C=O) groups excluding carboxylic acids is 1. The Hall–Kier alpha value is -2.21. The molecule has 1 heterocycles. The molecule has 2 aromatic carbocycles. The van der Waals surface area contributed by atoms with Gasteiger partial charge in [0.25, 0.3) is 0 Å². The summed E-state index contributed by atoms with van der Waals surface area (Å²) in [7, 11) is 0. The van der Waals surface area contributed by atoms with Crippen LogP contribution in [0.4, 0.5) is 5.69 Å². The predicted molar refractivity (Wildman–Crippen MR) is 104 cm³/mol. The van der Waals surface area contributed by atoms with Crippen molar-refractivity contribution in [2.45, 2.75) is 6.54 Å². The van der Waals surface area contributed by atoms with Crippen molar-refractivity contribution < 1.29 is 9.90 Å². The van der Waals surface area contributed by atoms with E-state index in [4.69, 9.17) is 5.11 Å². The average Bonchev–Trinajstić information content (AvgIpc) is 2.69. The number of β-amino-alcohol motifs (C(OH)–C–C–N with tert-alkyl or cyclic N) is 1. The third-order valence-corrected chi connectivity index (χ3v) is 4.79. The Bertz CT molecular complexity index is 670. The zero-order valence-electron chi connectivity index (χ0n) is 15.1. The normalized spacial score (nSPS) is 15.7. The van der Waals surface area contributed by atoms with E-state index in [9.17, 15) is 4.79 Å². The zero-order chi connectivity index (χ0) is 18.2. The summed E-state index contributed by atoms with van der Waals surface area (Å²) in [6.07, 6.45) is 0. The lowest BCUT2D eigenvalue weighted by molar-refractivity contribution is -0.120. The van der Waals surface area contributed by atoms with E-state index in [0.717, 1.165) is 37.4 Å². The zero-order valence-corrected chi connectivity index (χ0v) is 15.1. The van der Waals surface area contributed by atoms with Crippen LogP contribution in [-0.4, -0.2) is 66.7 Å². The molecule has 5 nitrogen and oxygen atoms in total. The number of anilines is 1. The maximum absolute atomic E-state index is 13.1. The number of nitrogens with zero attached hydrogens (tertiary/aromatic N) is 3. The van der Waals surface area contributed by atoms with Gasteiger partial charge in [0.2, 0.25) is 5.91 Å². The summed E-state index contributed by atoms with van der Waals surface area (Å²) in [5, 5.41) is 9.05. The van der Waals surface area contributed by atoms with Crippen LogP contribution in [0, 0.1) is 0 Å². The topological polar surface area (TPSA) is 47.0 Å². The molecule has 0 radical (unpaired) electrons. The molecule has 1 N–H and O–H groups in total. The van der Waals surface area contributed by atoms with E-state index >= 15 is 0 Å². The van der Waals surface area contributed by atoms with Gasteiger partial charge >= 0.3 is 0 Å². The largest absolute Gasteiger partial charge is 0.395 e. The number of para-hydroxylation sites is 1. The van der Waals surface area contributed by atoms with Gasteiger partial charge in [0.1, 0.15) is 0 Å². The fourth-order valence-electron chi connectivity index (χ4n) is 3.29. The molecule has 0 bridgehead atoms. The smallest absolute Gasteiger partial charge is 0.241 e. The lowest BCUT2D eigenvalue weighted by atomic mass is 10.2.